The van der Waals surface area contributed by atoms with Gasteiger partial charge in [0.05, 0.1) is 12.8 Å². The Labute approximate surface area is 217 Å². The summed E-state index contributed by atoms with van der Waals surface area (Å²) in [7, 11) is 0. The largest absolute Gasteiger partial charge is 0.490 e. The van der Waals surface area contributed by atoms with Gasteiger partial charge in [-0.1, -0.05) is 59.6 Å². The third-order valence-electron chi connectivity index (χ3n) is 4.84. The molecule has 0 spiro atoms. The lowest BCUT2D eigenvalue weighted by Gasteiger charge is -2.13. The zero-order chi connectivity index (χ0) is 25.3. The van der Waals surface area contributed by atoms with Crippen LogP contribution >= 0.6 is 23.2 Å². The number of hydrazone groups is 1. The Morgan fingerprint density at radius 3 is 2.67 bits per heavy atom. The minimum Gasteiger partial charge on any atom is -0.490 e. The minimum atomic E-state index is -0.395. The van der Waals surface area contributed by atoms with E-state index in [1.54, 1.807) is 30.3 Å². The number of tetrazole rings is 1. The van der Waals surface area contributed by atoms with E-state index in [4.69, 9.17) is 32.7 Å². The molecule has 1 aromatic heterocycles. The minimum absolute atomic E-state index is 0.124. The first-order valence-corrected chi connectivity index (χ1v) is 11.8. The normalized spacial score (nSPS) is 11.0. The summed E-state index contributed by atoms with van der Waals surface area (Å²) in [6, 6.07) is 19.9. The van der Waals surface area contributed by atoms with Gasteiger partial charge in [-0.25, -0.2) is 5.43 Å². The highest BCUT2D eigenvalue weighted by Crippen LogP contribution is 2.30. The van der Waals surface area contributed by atoms with Crippen molar-refractivity contribution in [1.29, 1.82) is 0 Å². The van der Waals surface area contributed by atoms with Crippen molar-refractivity contribution in [3.05, 3.63) is 87.9 Å². The molecule has 1 amide bonds. The molecule has 11 heteroatoms. The van der Waals surface area contributed by atoms with Gasteiger partial charge in [0.15, 0.2) is 11.5 Å². The fraction of sp³-hybridized carbons (Fsp3) is 0.160. The molecule has 36 heavy (non-hydrogen) atoms. The molecular weight excluding hydrogens is 503 g/mol. The molecule has 0 unspecified atom stereocenters. The smallest absolute Gasteiger partial charge is 0.263 e. The lowest BCUT2D eigenvalue weighted by molar-refractivity contribution is -0.122. The highest BCUT2D eigenvalue weighted by molar-refractivity contribution is 6.35. The van der Waals surface area contributed by atoms with Crippen LogP contribution in [-0.2, 0) is 17.9 Å². The van der Waals surface area contributed by atoms with Crippen LogP contribution in [0.25, 0.3) is 11.4 Å². The van der Waals surface area contributed by atoms with Crippen LogP contribution < -0.4 is 14.9 Å². The number of carbonyl (C=O) groups is 1. The molecule has 4 aromatic rings. The molecule has 0 atom stereocenters. The summed E-state index contributed by atoms with van der Waals surface area (Å²) in [6.07, 6.45) is 1.50. The van der Waals surface area contributed by atoms with Crippen LogP contribution in [0.1, 0.15) is 18.1 Å². The molecule has 0 aliphatic carbocycles. The Bertz CT molecular complexity index is 1360. The van der Waals surface area contributed by atoms with Crippen LogP contribution in [0.2, 0.25) is 10.0 Å². The second kappa shape index (κ2) is 12.1. The van der Waals surface area contributed by atoms with Gasteiger partial charge in [-0.2, -0.15) is 9.90 Å². The van der Waals surface area contributed by atoms with E-state index in [1.807, 2.05) is 43.3 Å². The van der Waals surface area contributed by atoms with E-state index in [1.165, 1.54) is 11.0 Å². The van der Waals surface area contributed by atoms with E-state index in [-0.39, 0.29) is 13.2 Å². The number of nitrogens with one attached hydrogen (secondary N) is 1. The van der Waals surface area contributed by atoms with Crippen LogP contribution in [0, 0.1) is 0 Å². The van der Waals surface area contributed by atoms with Gasteiger partial charge < -0.3 is 9.47 Å². The Balaban J connectivity index is 1.34. The fourth-order valence-electron chi connectivity index (χ4n) is 3.14. The molecule has 0 saturated heterocycles. The number of benzene rings is 3. The average molecular weight is 525 g/mol. The number of amides is 1. The van der Waals surface area contributed by atoms with Gasteiger partial charge >= 0.3 is 0 Å². The van der Waals surface area contributed by atoms with Gasteiger partial charge in [0.2, 0.25) is 5.82 Å². The highest BCUT2D eigenvalue weighted by atomic mass is 35.5. The van der Waals surface area contributed by atoms with Gasteiger partial charge in [-0.3, -0.25) is 4.79 Å². The third kappa shape index (κ3) is 6.80. The van der Waals surface area contributed by atoms with E-state index < -0.39 is 5.91 Å². The average Bonchev–Trinajstić information content (AvgIpc) is 3.33. The number of hydrogen-bond acceptors (Lipinski definition) is 7. The second-order valence-corrected chi connectivity index (χ2v) is 8.31. The predicted molar refractivity (Wildman–Crippen MR) is 137 cm³/mol. The number of carbonyl (C=O) groups excluding carboxylic acids is 1. The zero-order valence-corrected chi connectivity index (χ0v) is 20.8. The van der Waals surface area contributed by atoms with E-state index in [9.17, 15) is 4.79 Å². The van der Waals surface area contributed by atoms with Gasteiger partial charge in [-0.15, -0.1) is 10.2 Å². The number of halogens is 2. The Morgan fingerprint density at radius 2 is 1.89 bits per heavy atom. The molecule has 1 N–H and O–H groups in total. The maximum atomic E-state index is 12.2. The van der Waals surface area contributed by atoms with Crippen LogP contribution in [0.5, 0.6) is 11.5 Å². The number of hydrogen-bond donors (Lipinski definition) is 1. The number of nitrogens with zero attached hydrogens (tertiary/aromatic N) is 5. The van der Waals surface area contributed by atoms with E-state index in [2.05, 4.69) is 25.9 Å². The predicted octanol–water partition coefficient (Wildman–Crippen LogP) is 4.77. The lowest BCUT2D eigenvalue weighted by atomic mass is 10.2. The third-order valence-corrected chi connectivity index (χ3v) is 5.43. The molecular formula is C25H22Cl2N6O3. The van der Waals surface area contributed by atoms with Crippen LogP contribution in [0.3, 0.4) is 0 Å². The molecule has 0 aliphatic rings. The zero-order valence-electron chi connectivity index (χ0n) is 19.3. The summed E-state index contributed by atoms with van der Waals surface area (Å²) < 4.78 is 11.6. The van der Waals surface area contributed by atoms with Crippen LogP contribution in [0.4, 0.5) is 0 Å². The first-order chi connectivity index (χ1) is 17.5. The SMILES string of the molecule is CCOc1cc(C=NNC(=O)Cn2nnc(-c3ccccc3)n2)ccc1OCc1ccc(Cl)cc1Cl. The van der Waals surface area contributed by atoms with E-state index >= 15 is 0 Å². The first kappa shape index (κ1) is 25.2. The summed E-state index contributed by atoms with van der Waals surface area (Å²) in [5.41, 5.74) is 4.78. The maximum Gasteiger partial charge on any atom is 0.263 e. The Morgan fingerprint density at radius 1 is 1.06 bits per heavy atom. The summed E-state index contributed by atoms with van der Waals surface area (Å²) in [5, 5.41) is 17.2. The van der Waals surface area contributed by atoms with Crippen molar-refractivity contribution in [3.63, 3.8) is 0 Å². The van der Waals surface area contributed by atoms with Gasteiger partial charge in [-0.05, 0) is 48.0 Å². The molecule has 184 valence electrons. The molecule has 4 rings (SSSR count). The van der Waals surface area contributed by atoms with Crippen molar-refractivity contribution in [3.8, 4) is 22.9 Å². The van der Waals surface area contributed by atoms with E-state index in [0.29, 0.717) is 39.5 Å². The maximum absolute atomic E-state index is 12.2. The standard InChI is InChI=1S/C25H22Cl2N6O3/c1-2-35-23-12-17(8-11-22(23)36-16-19-9-10-20(26)13-21(19)27)14-28-29-24(34)15-33-31-25(30-32-33)18-6-4-3-5-7-18/h3-14H,2,15-16H2,1H3,(H,29,34). The van der Waals surface area contributed by atoms with Crippen molar-refractivity contribution in [2.45, 2.75) is 20.1 Å². The second-order valence-electron chi connectivity index (χ2n) is 7.47. The molecule has 0 bridgehead atoms. The number of ether oxygens (including phenoxy) is 2. The fourth-order valence-corrected chi connectivity index (χ4v) is 3.61. The molecule has 9 nitrogen and oxygen atoms in total. The summed E-state index contributed by atoms with van der Waals surface area (Å²) in [5.74, 6) is 1.14. The van der Waals surface area contributed by atoms with Crippen molar-refractivity contribution in [2.24, 2.45) is 5.10 Å². The Hall–Kier alpha value is -3.95. The van der Waals surface area contributed by atoms with E-state index in [0.717, 1.165) is 11.1 Å². The summed E-state index contributed by atoms with van der Waals surface area (Å²) in [6.45, 7) is 2.46. The molecule has 0 fully saturated rings. The van der Waals surface area contributed by atoms with Crippen LogP contribution in [-0.4, -0.2) is 38.9 Å². The molecule has 3 aromatic carbocycles. The van der Waals surface area contributed by atoms with Crippen molar-refractivity contribution in [1.82, 2.24) is 25.6 Å². The van der Waals surface area contributed by atoms with Crippen LogP contribution in [0.15, 0.2) is 71.8 Å². The van der Waals surface area contributed by atoms with Crippen molar-refractivity contribution in [2.75, 3.05) is 6.61 Å². The monoisotopic (exact) mass is 524 g/mol. The molecule has 0 aliphatic heterocycles. The highest BCUT2D eigenvalue weighted by Gasteiger charge is 2.10. The summed E-state index contributed by atoms with van der Waals surface area (Å²) in [4.78, 5) is 13.4. The molecule has 1 heterocycles. The van der Waals surface area contributed by atoms with Gasteiger partial charge in [0.1, 0.15) is 13.2 Å². The molecule has 0 radical (unpaired) electrons. The lowest BCUT2D eigenvalue weighted by Crippen LogP contribution is -2.24. The van der Waals surface area contributed by atoms with Gasteiger partial charge in [0, 0.05) is 21.2 Å². The number of aromatic nitrogens is 4. The van der Waals surface area contributed by atoms with Gasteiger partial charge in [0.25, 0.3) is 5.91 Å². The quantitative estimate of drug-likeness (QED) is 0.236. The first-order valence-electron chi connectivity index (χ1n) is 11.0. The molecule has 0 saturated carbocycles. The summed E-state index contributed by atoms with van der Waals surface area (Å²) >= 11 is 12.2. The number of rotatable bonds is 10. The van der Waals surface area contributed by atoms with Crippen molar-refractivity contribution >= 4 is 35.3 Å². The van der Waals surface area contributed by atoms with Crippen molar-refractivity contribution < 1.29 is 14.3 Å². The topological polar surface area (TPSA) is 104 Å². The Kier molecular flexibility index (Phi) is 8.48.